The number of carbonyl (C=O) groups is 1. The molecule has 0 bridgehead atoms. The summed E-state index contributed by atoms with van der Waals surface area (Å²) < 4.78 is 0. The van der Waals surface area contributed by atoms with E-state index < -0.39 is 11.6 Å². The van der Waals surface area contributed by atoms with Crippen LogP contribution in [0.3, 0.4) is 0 Å². The van der Waals surface area contributed by atoms with Crippen LogP contribution >= 0.6 is 0 Å². The minimum atomic E-state index is -1.79. The van der Waals surface area contributed by atoms with E-state index in [4.69, 9.17) is 5.11 Å². The average molecular weight is 208 g/mol. The van der Waals surface area contributed by atoms with E-state index in [1.54, 1.807) is 30.3 Å². The normalized spacial score (nSPS) is 14.0. The van der Waals surface area contributed by atoms with Gasteiger partial charge in [0, 0.05) is 0 Å². The van der Waals surface area contributed by atoms with Crippen molar-refractivity contribution >= 4 is 43.7 Å². The van der Waals surface area contributed by atoms with Gasteiger partial charge in [-0.25, -0.2) is 4.79 Å². The third-order valence-corrected chi connectivity index (χ3v) is 1.75. The number of carboxylic acid groups (broad SMARTS) is 1. The van der Waals surface area contributed by atoms with Gasteiger partial charge in [0.05, 0.1) is 0 Å². The molecule has 3 nitrogen and oxygen atoms in total. The second-order valence-electron chi connectivity index (χ2n) is 2.74. The molecule has 13 heavy (non-hydrogen) atoms. The Morgan fingerprint density at radius 1 is 1.31 bits per heavy atom. The van der Waals surface area contributed by atoms with Gasteiger partial charge in [-0.05, 0) is 12.5 Å². The number of hydrogen-bond acceptors (Lipinski definition) is 2. The first-order valence-corrected chi connectivity index (χ1v) is 3.56. The van der Waals surface area contributed by atoms with Crippen molar-refractivity contribution in [3.63, 3.8) is 0 Å². The minimum absolute atomic E-state index is 0. The predicted octanol–water partition coefficient (Wildman–Crippen LogP) is 0.0625. The molecule has 0 saturated carbocycles. The molecule has 1 rings (SSSR count). The maximum absolute atomic E-state index is 10.6. The molecule has 4 heteroatoms. The molecule has 1 atom stereocenters. The molecule has 0 saturated heterocycles. The van der Waals surface area contributed by atoms with Gasteiger partial charge in [0.15, 0.2) is 5.60 Å². The number of benzene rings is 1. The van der Waals surface area contributed by atoms with Crippen LogP contribution < -0.4 is 0 Å². The molecular weight excluding hydrogens is 196 g/mol. The zero-order valence-corrected chi connectivity index (χ0v) is 6.69. The number of hydrogen-bond donors (Lipinski definition) is 2. The van der Waals surface area contributed by atoms with Gasteiger partial charge in [0.2, 0.25) is 0 Å². The first-order chi connectivity index (χ1) is 5.55. The molecule has 2 N–H and O–H groups in total. The van der Waals surface area contributed by atoms with Crippen LogP contribution in [0.5, 0.6) is 0 Å². The molecule has 68 valence electrons. The van der Waals surface area contributed by atoms with Crippen LogP contribution in [0.4, 0.5) is 0 Å². The van der Waals surface area contributed by atoms with E-state index in [1.807, 2.05) is 0 Å². The van der Waals surface area contributed by atoms with Gasteiger partial charge in [-0.1, -0.05) is 30.3 Å². The molecule has 0 aliphatic heterocycles. The van der Waals surface area contributed by atoms with Gasteiger partial charge < -0.3 is 10.2 Å². The van der Waals surface area contributed by atoms with Crippen molar-refractivity contribution in [2.45, 2.75) is 12.5 Å². The topological polar surface area (TPSA) is 57.5 Å². The van der Waals surface area contributed by atoms with Crippen LogP contribution in [0.2, 0.25) is 0 Å². The van der Waals surface area contributed by atoms with Gasteiger partial charge in [0.25, 0.3) is 0 Å². The van der Waals surface area contributed by atoms with Gasteiger partial charge in [-0.3, -0.25) is 0 Å². The van der Waals surface area contributed by atoms with Gasteiger partial charge in [0.1, 0.15) is 0 Å². The molecule has 0 spiro atoms. The predicted molar refractivity (Wildman–Crippen MR) is 52.2 cm³/mol. The van der Waals surface area contributed by atoms with Crippen molar-refractivity contribution in [1.29, 1.82) is 0 Å². The van der Waals surface area contributed by atoms with Crippen LogP contribution in [0.15, 0.2) is 30.3 Å². The molecule has 1 unspecified atom stereocenters. The van der Waals surface area contributed by atoms with Crippen molar-refractivity contribution in [3.8, 4) is 0 Å². The zero-order chi connectivity index (χ0) is 9.19. The van der Waals surface area contributed by atoms with Crippen molar-refractivity contribution in [2.24, 2.45) is 0 Å². The summed E-state index contributed by atoms with van der Waals surface area (Å²) in [6, 6.07) is 8.29. The Morgan fingerprint density at radius 3 is 2.15 bits per heavy atom. The Bertz CT molecular complexity index is 282. The summed E-state index contributed by atoms with van der Waals surface area (Å²) >= 11 is 0. The van der Waals surface area contributed by atoms with E-state index >= 15 is 0 Å². The van der Waals surface area contributed by atoms with Crippen molar-refractivity contribution in [1.82, 2.24) is 0 Å². The Balaban J connectivity index is 0.00000144. The van der Waals surface area contributed by atoms with Crippen LogP contribution in [-0.4, -0.2) is 53.9 Å². The van der Waals surface area contributed by atoms with Crippen LogP contribution in [0, 0.1) is 0 Å². The molecule has 1 aromatic rings. The molecule has 0 fully saturated rings. The quantitative estimate of drug-likeness (QED) is 0.676. The Morgan fingerprint density at radius 2 is 1.77 bits per heavy atom. The van der Waals surface area contributed by atoms with Crippen molar-refractivity contribution in [2.75, 3.05) is 0 Å². The van der Waals surface area contributed by atoms with Gasteiger partial charge in [-0.2, -0.15) is 0 Å². The zero-order valence-electron chi connectivity index (χ0n) is 6.69. The molecule has 0 heterocycles. The average Bonchev–Trinajstić information content (AvgIpc) is 2.06. The maximum atomic E-state index is 10.6. The van der Waals surface area contributed by atoms with Crippen LogP contribution in [0.1, 0.15) is 12.5 Å². The van der Waals surface area contributed by atoms with E-state index in [9.17, 15) is 9.90 Å². The number of rotatable bonds is 2. The fourth-order valence-electron chi connectivity index (χ4n) is 0.886. The summed E-state index contributed by atoms with van der Waals surface area (Å²) in [5.74, 6) is -1.24. The molecule has 0 aliphatic rings. The second kappa shape index (κ2) is 4.96. The second-order valence-corrected chi connectivity index (χ2v) is 2.74. The summed E-state index contributed by atoms with van der Waals surface area (Å²) in [6.45, 7) is 1.25. The third-order valence-electron chi connectivity index (χ3n) is 1.75. The first-order valence-electron chi connectivity index (χ1n) is 3.56. The van der Waals surface area contributed by atoms with E-state index in [0.29, 0.717) is 5.56 Å². The fourth-order valence-corrected chi connectivity index (χ4v) is 0.886. The van der Waals surface area contributed by atoms with Crippen LogP contribution in [0.25, 0.3) is 0 Å². The van der Waals surface area contributed by atoms with Gasteiger partial charge >= 0.3 is 43.7 Å². The van der Waals surface area contributed by atoms with E-state index in [2.05, 4.69) is 0 Å². The third kappa shape index (κ3) is 2.95. The molecule has 0 amide bonds. The van der Waals surface area contributed by atoms with E-state index in [1.165, 1.54) is 6.92 Å². The molecule has 0 radical (unpaired) electrons. The van der Waals surface area contributed by atoms with Crippen molar-refractivity contribution in [3.05, 3.63) is 35.9 Å². The molecule has 0 aromatic heterocycles. The summed E-state index contributed by atoms with van der Waals surface area (Å²) in [7, 11) is 0. The molecular formula is C9H12CaO3. The number of aliphatic carboxylic acids is 1. The van der Waals surface area contributed by atoms with Crippen molar-refractivity contribution < 1.29 is 15.0 Å². The summed E-state index contributed by atoms with van der Waals surface area (Å²) in [5, 5.41) is 18.1. The monoisotopic (exact) mass is 208 g/mol. The SMILES string of the molecule is CC(O)(C(=O)O)c1ccccc1.[CaH2]. The first kappa shape index (κ1) is 12.9. The summed E-state index contributed by atoms with van der Waals surface area (Å²) in [5.41, 5.74) is -1.40. The summed E-state index contributed by atoms with van der Waals surface area (Å²) in [4.78, 5) is 10.6. The van der Waals surface area contributed by atoms with Crippen LogP contribution in [-0.2, 0) is 10.4 Å². The van der Waals surface area contributed by atoms with E-state index in [0.717, 1.165) is 0 Å². The number of aliphatic hydroxyl groups is 1. The Labute approximate surface area is 106 Å². The standard InChI is InChI=1S/C9H10O3.Ca.2H/c1-9(12,8(10)11)7-5-3-2-4-6-7;;;/h2-6,12H,1H3,(H,10,11);;;. The molecule has 0 aliphatic carbocycles. The Hall–Kier alpha value is -0.0903. The number of carboxylic acids is 1. The van der Waals surface area contributed by atoms with Gasteiger partial charge in [-0.15, -0.1) is 0 Å². The fraction of sp³-hybridized carbons (Fsp3) is 0.222. The molecule has 1 aromatic carbocycles. The summed E-state index contributed by atoms with van der Waals surface area (Å²) in [6.07, 6.45) is 0. The van der Waals surface area contributed by atoms with E-state index in [-0.39, 0.29) is 37.7 Å². The Kier molecular flexibility index (Phi) is 4.92.